The van der Waals surface area contributed by atoms with Crippen LogP contribution in [0.15, 0.2) is 36.7 Å². The lowest BCUT2D eigenvalue weighted by Gasteiger charge is -2.22. The van der Waals surface area contributed by atoms with E-state index in [-0.39, 0.29) is 18.0 Å². The van der Waals surface area contributed by atoms with Crippen LogP contribution < -0.4 is 15.5 Å². The summed E-state index contributed by atoms with van der Waals surface area (Å²) in [6, 6.07) is 7.33. The van der Waals surface area contributed by atoms with Gasteiger partial charge in [-0.1, -0.05) is 6.07 Å². The van der Waals surface area contributed by atoms with Crippen molar-refractivity contribution in [1.82, 2.24) is 15.3 Å². The maximum atomic E-state index is 12.0. The van der Waals surface area contributed by atoms with Crippen molar-refractivity contribution in [1.29, 1.82) is 0 Å². The second kappa shape index (κ2) is 7.83. The zero-order chi connectivity index (χ0) is 17.6. The molecular formula is C18H23N5O2. The summed E-state index contributed by atoms with van der Waals surface area (Å²) in [7, 11) is 0. The molecule has 3 N–H and O–H groups in total. The highest BCUT2D eigenvalue weighted by Crippen LogP contribution is 2.28. The van der Waals surface area contributed by atoms with Crippen LogP contribution in [0.3, 0.4) is 0 Å². The summed E-state index contributed by atoms with van der Waals surface area (Å²) in [6.07, 6.45) is 6.54. The van der Waals surface area contributed by atoms with Gasteiger partial charge in [0.15, 0.2) is 0 Å². The number of carbonyl (C=O) groups is 2. The Balaban J connectivity index is 1.49. The van der Waals surface area contributed by atoms with Crippen LogP contribution in [-0.2, 0) is 11.2 Å². The van der Waals surface area contributed by atoms with E-state index in [0.717, 1.165) is 30.8 Å². The normalized spacial score (nSPS) is 16.9. The van der Waals surface area contributed by atoms with Gasteiger partial charge in [-0.2, -0.15) is 0 Å². The van der Waals surface area contributed by atoms with Crippen LogP contribution in [-0.4, -0.2) is 34.5 Å². The number of hydrogen-bond acceptors (Lipinski definition) is 3. The van der Waals surface area contributed by atoms with E-state index in [1.807, 2.05) is 31.2 Å². The molecule has 1 atom stereocenters. The summed E-state index contributed by atoms with van der Waals surface area (Å²) in [5.41, 5.74) is 1.50. The Morgan fingerprint density at radius 2 is 2.32 bits per heavy atom. The van der Waals surface area contributed by atoms with Crippen molar-refractivity contribution in [2.24, 2.45) is 0 Å². The quantitative estimate of drug-likeness (QED) is 0.706. The fourth-order valence-electron chi connectivity index (χ4n) is 3.03. The molecule has 1 aliphatic rings. The van der Waals surface area contributed by atoms with Crippen molar-refractivity contribution in [2.75, 3.05) is 16.8 Å². The number of hydrogen-bond donors (Lipinski definition) is 3. The smallest absolute Gasteiger partial charge is 0.319 e. The Kier molecular flexibility index (Phi) is 5.33. The van der Waals surface area contributed by atoms with Crippen molar-refractivity contribution in [2.45, 2.75) is 38.6 Å². The number of aromatic amines is 1. The minimum absolute atomic E-state index is 0.132. The van der Waals surface area contributed by atoms with E-state index in [1.54, 1.807) is 17.3 Å². The molecule has 7 heteroatoms. The number of amides is 3. The predicted octanol–water partition coefficient (Wildman–Crippen LogP) is 2.68. The Morgan fingerprint density at radius 1 is 1.44 bits per heavy atom. The van der Waals surface area contributed by atoms with E-state index in [9.17, 15) is 9.59 Å². The Hall–Kier alpha value is -2.83. The number of carbonyl (C=O) groups excluding carboxylic acids is 2. The van der Waals surface area contributed by atoms with Crippen LogP contribution in [0.5, 0.6) is 0 Å². The van der Waals surface area contributed by atoms with E-state index in [2.05, 4.69) is 20.6 Å². The summed E-state index contributed by atoms with van der Waals surface area (Å²) >= 11 is 0. The van der Waals surface area contributed by atoms with Crippen LogP contribution in [0.25, 0.3) is 0 Å². The van der Waals surface area contributed by atoms with Crippen molar-refractivity contribution in [3.63, 3.8) is 0 Å². The van der Waals surface area contributed by atoms with Gasteiger partial charge in [0.2, 0.25) is 5.91 Å². The van der Waals surface area contributed by atoms with Crippen molar-refractivity contribution >= 4 is 23.3 Å². The Bertz CT molecular complexity index is 729. The molecule has 7 nitrogen and oxygen atoms in total. The second-order valence-electron chi connectivity index (χ2n) is 6.22. The zero-order valence-electron chi connectivity index (χ0n) is 14.3. The van der Waals surface area contributed by atoms with Crippen molar-refractivity contribution in [3.8, 4) is 0 Å². The first-order chi connectivity index (χ1) is 12.1. The predicted molar refractivity (Wildman–Crippen MR) is 96.6 cm³/mol. The summed E-state index contributed by atoms with van der Waals surface area (Å²) in [4.78, 5) is 33.0. The number of rotatable bonds is 6. The molecule has 0 aliphatic carbocycles. The monoisotopic (exact) mass is 341 g/mol. The lowest BCUT2D eigenvalue weighted by atomic mass is 10.2. The van der Waals surface area contributed by atoms with Crippen LogP contribution in [0.1, 0.15) is 32.0 Å². The highest BCUT2D eigenvalue weighted by Gasteiger charge is 2.28. The molecule has 0 bridgehead atoms. The fourth-order valence-corrected chi connectivity index (χ4v) is 3.03. The van der Waals surface area contributed by atoms with Gasteiger partial charge >= 0.3 is 6.03 Å². The first-order valence-electron chi connectivity index (χ1n) is 8.59. The molecule has 3 rings (SSSR count). The number of aryl methyl sites for hydroxylation is 1. The summed E-state index contributed by atoms with van der Waals surface area (Å²) in [5, 5.41) is 5.65. The van der Waals surface area contributed by atoms with Crippen LogP contribution >= 0.6 is 0 Å². The molecule has 3 amide bonds. The molecule has 1 saturated heterocycles. The second-order valence-corrected chi connectivity index (χ2v) is 6.22. The SMILES string of the molecule is CC1CCC(=O)N1c1cccc(NC(=O)NCCCc2ncc[nH]2)c1. The first kappa shape index (κ1) is 17.0. The molecule has 2 aromatic rings. The van der Waals surface area contributed by atoms with Gasteiger partial charge in [-0.25, -0.2) is 9.78 Å². The number of imidazole rings is 1. The maximum Gasteiger partial charge on any atom is 0.319 e. The van der Waals surface area contributed by atoms with E-state index in [0.29, 0.717) is 18.7 Å². The lowest BCUT2D eigenvalue weighted by molar-refractivity contribution is -0.117. The first-order valence-corrected chi connectivity index (χ1v) is 8.59. The third-order valence-electron chi connectivity index (χ3n) is 4.30. The van der Waals surface area contributed by atoms with Gasteiger partial charge in [0.25, 0.3) is 0 Å². The van der Waals surface area contributed by atoms with Gasteiger partial charge in [-0.3, -0.25) is 4.79 Å². The van der Waals surface area contributed by atoms with Gasteiger partial charge in [0, 0.05) is 49.2 Å². The number of nitrogens with one attached hydrogen (secondary N) is 3. The van der Waals surface area contributed by atoms with Crippen LogP contribution in [0, 0.1) is 0 Å². The minimum Gasteiger partial charge on any atom is -0.349 e. The highest BCUT2D eigenvalue weighted by atomic mass is 16.2. The molecule has 2 heterocycles. The number of benzene rings is 1. The molecule has 25 heavy (non-hydrogen) atoms. The standard InChI is InChI=1S/C18H23N5O2/c1-13-7-8-17(24)23(13)15-5-2-4-14(12-15)22-18(25)21-9-3-6-16-19-10-11-20-16/h2,4-5,10-13H,3,6-9H2,1H3,(H,19,20)(H2,21,22,25). The zero-order valence-corrected chi connectivity index (χ0v) is 14.3. The minimum atomic E-state index is -0.252. The van der Waals surface area contributed by atoms with E-state index < -0.39 is 0 Å². The third kappa shape index (κ3) is 4.37. The Morgan fingerprint density at radius 3 is 3.04 bits per heavy atom. The van der Waals surface area contributed by atoms with E-state index >= 15 is 0 Å². The summed E-state index contributed by atoms with van der Waals surface area (Å²) in [6.45, 7) is 2.60. The topological polar surface area (TPSA) is 90.1 Å². The van der Waals surface area contributed by atoms with Gasteiger partial charge in [0.05, 0.1) is 0 Å². The van der Waals surface area contributed by atoms with Gasteiger partial charge in [0.1, 0.15) is 5.82 Å². The summed E-state index contributed by atoms with van der Waals surface area (Å²) < 4.78 is 0. The van der Waals surface area contributed by atoms with E-state index in [4.69, 9.17) is 0 Å². The van der Waals surface area contributed by atoms with E-state index in [1.165, 1.54) is 0 Å². The number of aromatic nitrogens is 2. The molecule has 1 unspecified atom stereocenters. The summed E-state index contributed by atoms with van der Waals surface area (Å²) in [5.74, 6) is 1.05. The number of nitrogens with zero attached hydrogens (tertiary/aromatic N) is 2. The number of anilines is 2. The van der Waals surface area contributed by atoms with Crippen LogP contribution in [0.4, 0.5) is 16.2 Å². The van der Waals surface area contributed by atoms with Gasteiger partial charge < -0.3 is 20.5 Å². The van der Waals surface area contributed by atoms with Crippen molar-refractivity contribution < 1.29 is 9.59 Å². The van der Waals surface area contributed by atoms with Crippen LogP contribution in [0.2, 0.25) is 0 Å². The number of H-pyrrole nitrogens is 1. The lowest BCUT2D eigenvalue weighted by Crippen LogP contribution is -2.31. The fraction of sp³-hybridized carbons (Fsp3) is 0.389. The van der Waals surface area contributed by atoms with Gasteiger partial charge in [-0.15, -0.1) is 0 Å². The number of urea groups is 1. The van der Waals surface area contributed by atoms with Crippen molar-refractivity contribution in [3.05, 3.63) is 42.5 Å². The molecule has 1 fully saturated rings. The molecular weight excluding hydrogens is 318 g/mol. The largest absolute Gasteiger partial charge is 0.349 e. The average molecular weight is 341 g/mol. The maximum absolute atomic E-state index is 12.0. The third-order valence-corrected chi connectivity index (χ3v) is 4.30. The molecule has 0 radical (unpaired) electrons. The molecule has 1 aromatic carbocycles. The molecule has 1 aromatic heterocycles. The molecule has 0 spiro atoms. The molecule has 0 saturated carbocycles. The molecule has 132 valence electrons. The van der Waals surface area contributed by atoms with Gasteiger partial charge in [-0.05, 0) is 38.0 Å². The highest BCUT2D eigenvalue weighted by molar-refractivity contribution is 5.97. The Labute approximate surface area is 146 Å². The molecule has 1 aliphatic heterocycles. The average Bonchev–Trinajstić information content (AvgIpc) is 3.22.